The average Bonchev–Trinajstić information content (AvgIpc) is 3.25. The van der Waals surface area contributed by atoms with Crippen LogP contribution in [0.2, 0.25) is 0 Å². The Bertz CT molecular complexity index is 826. The van der Waals surface area contributed by atoms with Gasteiger partial charge in [-0.2, -0.15) is 0 Å². The van der Waals surface area contributed by atoms with Crippen LogP contribution in [0, 0.1) is 6.92 Å². The average molecular weight is 357 g/mol. The Morgan fingerprint density at radius 1 is 1.24 bits per heavy atom. The minimum absolute atomic E-state index is 0.192. The van der Waals surface area contributed by atoms with Gasteiger partial charge >= 0.3 is 5.97 Å². The van der Waals surface area contributed by atoms with Crippen molar-refractivity contribution in [3.8, 4) is 11.4 Å². The Morgan fingerprint density at radius 3 is 2.72 bits per heavy atom. The second kappa shape index (κ2) is 8.02. The fourth-order valence-corrected chi connectivity index (χ4v) is 3.07. The third-order valence-electron chi connectivity index (χ3n) is 3.55. The Kier molecular flexibility index (Phi) is 5.55. The monoisotopic (exact) mass is 357 g/mol. The Morgan fingerprint density at radius 2 is 2.04 bits per heavy atom. The van der Waals surface area contributed by atoms with Gasteiger partial charge in [0.05, 0.1) is 25.2 Å². The van der Waals surface area contributed by atoms with Crippen LogP contribution in [0.15, 0.2) is 52.2 Å². The molecule has 2 aromatic heterocycles. The maximum absolute atomic E-state index is 11.6. The van der Waals surface area contributed by atoms with Gasteiger partial charge in [-0.1, -0.05) is 41.6 Å². The molecule has 6 nitrogen and oxygen atoms in total. The predicted octanol–water partition coefficient (Wildman–Crippen LogP) is 3.55. The van der Waals surface area contributed by atoms with Gasteiger partial charge in [0.15, 0.2) is 11.0 Å². The van der Waals surface area contributed by atoms with Gasteiger partial charge < -0.3 is 9.15 Å². The zero-order chi connectivity index (χ0) is 17.6. The summed E-state index contributed by atoms with van der Waals surface area (Å²) in [5, 5.41) is 9.23. The van der Waals surface area contributed by atoms with E-state index in [9.17, 15) is 4.79 Å². The van der Waals surface area contributed by atoms with Crippen LogP contribution in [0.4, 0.5) is 0 Å². The van der Waals surface area contributed by atoms with E-state index in [2.05, 4.69) is 10.2 Å². The summed E-state index contributed by atoms with van der Waals surface area (Å²) in [5.41, 5.74) is 2.14. The van der Waals surface area contributed by atoms with Crippen molar-refractivity contribution in [3.63, 3.8) is 0 Å². The van der Waals surface area contributed by atoms with Crippen molar-refractivity contribution in [1.29, 1.82) is 0 Å². The molecule has 7 heteroatoms. The largest absolute Gasteiger partial charge is 0.467 e. The molecule has 0 aliphatic heterocycles. The van der Waals surface area contributed by atoms with E-state index in [1.807, 2.05) is 47.9 Å². The maximum atomic E-state index is 11.6. The van der Waals surface area contributed by atoms with Crippen molar-refractivity contribution >= 4 is 17.7 Å². The van der Waals surface area contributed by atoms with Gasteiger partial charge in [-0.25, -0.2) is 0 Å². The van der Waals surface area contributed by atoms with Gasteiger partial charge in [-0.3, -0.25) is 9.36 Å². The zero-order valence-electron chi connectivity index (χ0n) is 14.1. The standard InChI is InChI=1S/C18H19N3O3S/c1-3-23-16(22)12-25-18-20-19-17(14-8-6-13(2)7-9-14)21(18)11-15-5-4-10-24-15/h4-10H,3,11-12H2,1-2H3. The smallest absolute Gasteiger partial charge is 0.316 e. The van der Waals surface area contributed by atoms with Crippen molar-refractivity contribution in [2.45, 2.75) is 25.5 Å². The molecule has 0 aliphatic carbocycles. The first kappa shape index (κ1) is 17.3. The number of carbonyl (C=O) groups is 1. The number of thioether (sulfide) groups is 1. The third kappa shape index (κ3) is 4.30. The number of hydrogen-bond donors (Lipinski definition) is 0. The molecule has 0 spiro atoms. The minimum Gasteiger partial charge on any atom is -0.467 e. The number of rotatable bonds is 7. The molecule has 25 heavy (non-hydrogen) atoms. The molecule has 0 saturated heterocycles. The summed E-state index contributed by atoms with van der Waals surface area (Å²) in [6.45, 7) is 4.69. The Balaban J connectivity index is 1.89. The van der Waals surface area contributed by atoms with E-state index in [-0.39, 0.29) is 11.7 Å². The van der Waals surface area contributed by atoms with Crippen LogP contribution < -0.4 is 0 Å². The molecule has 2 heterocycles. The van der Waals surface area contributed by atoms with E-state index in [0.29, 0.717) is 18.3 Å². The molecule has 0 bridgehead atoms. The third-order valence-corrected chi connectivity index (χ3v) is 4.49. The SMILES string of the molecule is CCOC(=O)CSc1nnc(-c2ccc(C)cc2)n1Cc1ccco1. The van der Waals surface area contributed by atoms with Gasteiger partial charge in [0.25, 0.3) is 0 Å². The van der Waals surface area contributed by atoms with Crippen LogP contribution >= 0.6 is 11.8 Å². The quantitative estimate of drug-likeness (QED) is 0.476. The van der Waals surface area contributed by atoms with Crippen LogP contribution in [-0.4, -0.2) is 33.1 Å². The topological polar surface area (TPSA) is 70.2 Å². The number of ether oxygens (including phenoxy) is 1. The summed E-state index contributed by atoms with van der Waals surface area (Å²) >= 11 is 1.31. The molecule has 0 fully saturated rings. The molecule has 0 atom stereocenters. The molecule has 0 radical (unpaired) electrons. The highest BCUT2D eigenvalue weighted by Crippen LogP contribution is 2.25. The van der Waals surface area contributed by atoms with Gasteiger partial charge in [-0.05, 0) is 26.0 Å². The number of carbonyl (C=O) groups excluding carboxylic acids is 1. The number of furan rings is 1. The molecule has 1 aromatic carbocycles. The van der Waals surface area contributed by atoms with E-state index < -0.39 is 0 Å². The van der Waals surface area contributed by atoms with Gasteiger partial charge in [0.1, 0.15) is 5.76 Å². The summed E-state index contributed by atoms with van der Waals surface area (Å²) in [6.07, 6.45) is 1.64. The molecular weight excluding hydrogens is 338 g/mol. The molecule has 3 rings (SSSR count). The van der Waals surface area contributed by atoms with E-state index in [0.717, 1.165) is 17.1 Å². The molecule has 0 aliphatic rings. The molecule has 0 unspecified atom stereocenters. The van der Waals surface area contributed by atoms with Crippen LogP contribution in [-0.2, 0) is 16.1 Å². The zero-order valence-corrected chi connectivity index (χ0v) is 15.0. The van der Waals surface area contributed by atoms with Crippen molar-refractivity contribution in [1.82, 2.24) is 14.8 Å². The summed E-state index contributed by atoms with van der Waals surface area (Å²) in [4.78, 5) is 11.6. The summed E-state index contributed by atoms with van der Waals surface area (Å²) in [5.74, 6) is 1.46. The van der Waals surface area contributed by atoms with E-state index in [4.69, 9.17) is 9.15 Å². The van der Waals surface area contributed by atoms with E-state index >= 15 is 0 Å². The highest BCUT2D eigenvalue weighted by molar-refractivity contribution is 7.99. The lowest BCUT2D eigenvalue weighted by Crippen LogP contribution is -2.09. The van der Waals surface area contributed by atoms with Crippen molar-refractivity contribution in [2.24, 2.45) is 0 Å². The minimum atomic E-state index is -0.267. The first-order chi connectivity index (χ1) is 12.2. The number of esters is 1. The van der Waals surface area contributed by atoms with Gasteiger partial charge in [0.2, 0.25) is 0 Å². The Hall–Kier alpha value is -2.54. The lowest BCUT2D eigenvalue weighted by molar-refractivity contribution is -0.139. The van der Waals surface area contributed by atoms with Crippen LogP contribution in [0.1, 0.15) is 18.2 Å². The number of aryl methyl sites for hydroxylation is 1. The van der Waals surface area contributed by atoms with Gasteiger partial charge in [-0.15, -0.1) is 10.2 Å². The molecule has 0 saturated carbocycles. The molecule has 130 valence electrons. The second-order valence-corrected chi connectivity index (χ2v) is 6.37. The molecule has 0 N–H and O–H groups in total. The Labute approximate surface area is 150 Å². The normalized spacial score (nSPS) is 10.8. The van der Waals surface area contributed by atoms with Crippen molar-refractivity contribution < 1.29 is 13.9 Å². The first-order valence-electron chi connectivity index (χ1n) is 7.98. The number of aromatic nitrogens is 3. The fraction of sp³-hybridized carbons (Fsp3) is 0.278. The highest BCUT2D eigenvalue weighted by Gasteiger charge is 2.17. The van der Waals surface area contributed by atoms with Crippen LogP contribution in [0.5, 0.6) is 0 Å². The number of benzene rings is 1. The summed E-state index contributed by atoms with van der Waals surface area (Å²) in [6, 6.07) is 11.8. The predicted molar refractivity (Wildman–Crippen MR) is 95.4 cm³/mol. The lowest BCUT2D eigenvalue weighted by atomic mass is 10.1. The van der Waals surface area contributed by atoms with E-state index in [1.165, 1.54) is 17.3 Å². The molecular formula is C18H19N3O3S. The van der Waals surface area contributed by atoms with Crippen molar-refractivity contribution in [3.05, 3.63) is 54.0 Å². The van der Waals surface area contributed by atoms with Crippen LogP contribution in [0.3, 0.4) is 0 Å². The lowest BCUT2D eigenvalue weighted by Gasteiger charge is -2.09. The summed E-state index contributed by atoms with van der Waals surface area (Å²) in [7, 11) is 0. The summed E-state index contributed by atoms with van der Waals surface area (Å²) < 4.78 is 12.4. The maximum Gasteiger partial charge on any atom is 0.316 e. The fourth-order valence-electron chi connectivity index (χ4n) is 2.34. The number of nitrogens with zero attached hydrogens (tertiary/aromatic N) is 3. The first-order valence-corrected chi connectivity index (χ1v) is 8.97. The van der Waals surface area contributed by atoms with E-state index in [1.54, 1.807) is 13.2 Å². The molecule has 0 amide bonds. The molecule has 3 aromatic rings. The second-order valence-electron chi connectivity index (χ2n) is 5.43. The van der Waals surface area contributed by atoms with Gasteiger partial charge in [0, 0.05) is 5.56 Å². The van der Waals surface area contributed by atoms with Crippen LogP contribution in [0.25, 0.3) is 11.4 Å². The van der Waals surface area contributed by atoms with Crippen molar-refractivity contribution in [2.75, 3.05) is 12.4 Å². The number of hydrogen-bond acceptors (Lipinski definition) is 6. The highest BCUT2D eigenvalue weighted by atomic mass is 32.2.